The third-order valence-electron chi connectivity index (χ3n) is 2.69. The van der Waals surface area contributed by atoms with E-state index in [1.165, 1.54) is 6.07 Å². The quantitative estimate of drug-likeness (QED) is 0.740. The second kappa shape index (κ2) is 6.68. The van der Waals surface area contributed by atoms with Gasteiger partial charge in [-0.15, -0.1) is 6.58 Å². The van der Waals surface area contributed by atoms with Crippen molar-refractivity contribution < 1.29 is 8.42 Å². The van der Waals surface area contributed by atoms with Crippen LogP contribution in [-0.4, -0.2) is 14.5 Å². The third kappa shape index (κ3) is 5.00. The Balaban J connectivity index is 2.60. The number of rotatable bonds is 7. The van der Waals surface area contributed by atoms with Gasteiger partial charge in [0.25, 0.3) is 0 Å². The van der Waals surface area contributed by atoms with Crippen molar-refractivity contribution in [3.63, 3.8) is 0 Å². The van der Waals surface area contributed by atoms with Crippen molar-refractivity contribution in [3.05, 3.63) is 42.5 Å². The zero-order chi connectivity index (χ0) is 13.6. The number of sulfonamides is 1. The highest BCUT2D eigenvalue weighted by atomic mass is 32.2. The average Bonchev–Trinajstić information content (AvgIpc) is 2.33. The molecule has 0 radical (unpaired) electrons. The summed E-state index contributed by atoms with van der Waals surface area (Å²) in [6.07, 6.45) is 3.86. The van der Waals surface area contributed by atoms with Gasteiger partial charge in [0.05, 0.1) is 4.90 Å². The lowest BCUT2D eigenvalue weighted by molar-refractivity contribution is 0.517. The van der Waals surface area contributed by atoms with E-state index in [1.807, 2.05) is 12.1 Å². The molecular weight excluding hydrogens is 248 g/mol. The van der Waals surface area contributed by atoms with E-state index in [0.29, 0.717) is 12.6 Å². The molecule has 0 saturated heterocycles. The van der Waals surface area contributed by atoms with Gasteiger partial charge in [-0.2, -0.15) is 0 Å². The molecule has 0 aliphatic rings. The van der Waals surface area contributed by atoms with Crippen molar-refractivity contribution in [1.29, 1.82) is 0 Å². The van der Waals surface area contributed by atoms with Gasteiger partial charge in [-0.05, 0) is 37.5 Å². The molecule has 0 heterocycles. The summed E-state index contributed by atoms with van der Waals surface area (Å²) >= 11 is 0. The zero-order valence-electron chi connectivity index (χ0n) is 10.6. The van der Waals surface area contributed by atoms with Crippen LogP contribution in [0.3, 0.4) is 0 Å². The molecular formula is C13H20N2O2S. The normalized spacial score (nSPS) is 13.2. The van der Waals surface area contributed by atoms with Crippen LogP contribution >= 0.6 is 0 Å². The summed E-state index contributed by atoms with van der Waals surface area (Å²) in [4.78, 5) is 0.153. The molecule has 0 spiro atoms. The summed E-state index contributed by atoms with van der Waals surface area (Å²) in [7, 11) is -3.62. The van der Waals surface area contributed by atoms with Gasteiger partial charge in [-0.25, -0.2) is 13.6 Å². The smallest absolute Gasteiger partial charge is 0.238 e. The number of benzene rings is 1. The molecule has 4 nitrogen and oxygen atoms in total. The van der Waals surface area contributed by atoms with Crippen molar-refractivity contribution >= 4 is 10.0 Å². The predicted octanol–water partition coefficient (Wildman–Crippen LogP) is 1.78. The minimum absolute atomic E-state index is 0.153. The SMILES string of the molecule is C=CCCC(C)NCc1cccc(S(N)(=O)=O)c1. The standard InChI is InChI=1S/C13H20N2O2S/c1-3-4-6-11(2)15-10-12-7-5-8-13(9-12)18(14,16)17/h3,5,7-9,11,15H,1,4,6,10H2,2H3,(H2,14,16,17). The van der Waals surface area contributed by atoms with E-state index in [0.717, 1.165) is 18.4 Å². The molecule has 0 aromatic heterocycles. The monoisotopic (exact) mass is 268 g/mol. The van der Waals surface area contributed by atoms with Crippen LogP contribution in [0, 0.1) is 0 Å². The topological polar surface area (TPSA) is 72.2 Å². The molecule has 0 amide bonds. The molecule has 18 heavy (non-hydrogen) atoms. The maximum atomic E-state index is 11.2. The molecule has 1 atom stereocenters. The number of hydrogen-bond donors (Lipinski definition) is 2. The Bertz CT molecular complexity index is 497. The summed E-state index contributed by atoms with van der Waals surface area (Å²) in [5, 5.41) is 8.42. The molecule has 0 fully saturated rings. The fourth-order valence-corrected chi connectivity index (χ4v) is 2.18. The molecule has 0 aliphatic carbocycles. The first-order valence-electron chi connectivity index (χ1n) is 5.89. The molecule has 5 heteroatoms. The van der Waals surface area contributed by atoms with Gasteiger partial charge in [-0.3, -0.25) is 0 Å². The van der Waals surface area contributed by atoms with E-state index in [4.69, 9.17) is 5.14 Å². The fraction of sp³-hybridized carbons (Fsp3) is 0.385. The number of allylic oxidation sites excluding steroid dienone is 1. The fourth-order valence-electron chi connectivity index (χ4n) is 1.59. The van der Waals surface area contributed by atoms with E-state index in [-0.39, 0.29) is 4.90 Å². The number of primary sulfonamides is 1. The Kier molecular flexibility index (Phi) is 5.53. The van der Waals surface area contributed by atoms with Gasteiger partial charge in [0, 0.05) is 12.6 Å². The molecule has 3 N–H and O–H groups in total. The molecule has 1 unspecified atom stereocenters. The van der Waals surface area contributed by atoms with Crippen LogP contribution in [0.25, 0.3) is 0 Å². The summed E-state index contributed by atoms with van der Waals surface area (Å²) in [6, 6.07) is 7.04. The van der Waals surface area contributed by atoms with Crippen molar-refractivity contribution in [1.82, 2.24) is 5.32 Å². The molecule has 1 aromatic rings. The molecule has 1 rings (SSSR count). The molecule has 100 valence electrons. The second-order valence-electron chi connectivity index (χ2n) is 4.34. The summed E-state index contributed by atoms with van der Waals surface area (Å²) in [5.41, 5.74) is 0.909. The van der Waals surface area contributed by atoms with Gasteiger partial charge in [0.2, 0.25) is 10.0 Å². The van der Waals surface area contributed by atoms with Crippen LogP contribution in [-0.2, 0) is 16.6 Å². The third-order valence-corrected chi connectivity index (χ3v) is 3.60. The number of nitrogens with two attached hydrogens (primary N) is 1. The highest BCUT2D eigenvalue weighted by Gasteiger charge is 2.08. The van der Waals surface area contributed by atoms with Crippen molar-refractivity contribution in [2.75, 3.05) is 0 Å². The molecule has 0 bridgehead atoms. The lowest BCUT2D eigenvalue weighted by atomic mass is 10.1. The number of nitrogens with one attached hydrogen (secondary N) is 1. The van der Waals surface area contributed by atoms with Gasteiger partial charge < -0.3 is 5.32 Å². The van der Waals surface area contributed by atoms with Crippen molar-refractivity contribution in [3.8, 4) is 0 Å². The first-order chi connectivity index (χ1) is 8.43. The Labute approximate surface area is 109 Å². The molecule has 1 aromatic carbocycles. The van der Waals surface area contributed by atoms with Gasteiger partial charge in [-0.1, -0.05) is 18.2 Å². The van der Waals surface area contributed by atoms with E-state index in [2.05, 4.69) is 18.8 Å². The van der Waals surface area contributed by atoms with Crippen LogP contribution in [0.4, 0.5) is 0 Å². The van der Waals surface area contributed by atoms with Crippen LogP contribution in [0.1, 0.15) is 25.3 Å². The molecule has 0 saturated carbocycles. The minimum Gasteiger partial charge on any atom is -0.310 e. The lowest BCUT2D eigenvalue weighted by Crippen LogP contribution is -2.25. The Morgan fingerprint density at radius 1 is 1.50 bits per heavy atom. The minimum atomic E-state index is -3.62. The number of hydrogen-bond acceptors (Lipinski definition) is 3. The Hall–Kier alpha value is -1.17. The summed E-state index contributed by atoms with van der Waals surface area (Å²) in [5.74, 6) is 0. The van der Waals surface area contributed by atoms with E-state index < -0.39 is 10.0 Å². The zero-order valence-corrected chi connectivity index (χ0v) is 11.4. The van der Waals surface area contributed by atoms with Gasteiger partial charge in [0.15, 0.2) is 0 Å². The largest absolute Gasteiger partial charge is 0.310 e. The summed E-state index contributed by atoms with van der Waals surface area (Å²) in [6.45, 7) is 6.40. The highest BCUT2D eigenvalue weighted by molar-refractivity contribution is 7.89. The van der Waals surface area contributed by atoms with E-state index >= 15 is 0 Å². The van der Waals surface area contributed by atoms with Crippen LogP contribution < -0.4 is 10.5 Å². The Morgan fingerprint density at radius 3 is 2.83 bits per heavy atom. The second-order valence-corrected chi connectivity index (χ2v) is 5.90. The van der Waals surface area contributed by atoms with E-state index in [9.17, 15) is 8.42 Å². The highest BCUT2D eigenvalue weighted by Crippen LogP contribution is 2.10. The maximum Gasteiger partial charge on any atom is 0.238 e. The van der Waals surface area contributed by atoms with Crippen LogP contribution in [0.2, 0.25) is 0 Å². The maximum absolute atomic E-state index is 11.2. The van der Waals surface area contributed by atoms with E-state index in [1.54, 1.807) is 12.1 Å². The van der Waals surface area contributed by atoms with Crippen LogP contribution in [0.5, 0.6) is 0 Å². The predicted molar refractivity (Wildman–Crippen MR) is 73.5 cm³/mol. The van der Waals surface area contributed by atoms with Crippen LogP contribution in [0.15, 0.2) is 41.8 Å². The van der Waals surface area contributed by atoms with Gasteiger partial charge in [0.1, 0.15) is 0 Å². The van der Waals surface area contributed by atoms with Crippen molar-refractivity contribution in [2.45, 2.75) is 37.2 Å². The first-order valence-corrected chi connectivity index (χ1v) is 7.44. The van der Waals surface area contributed by atoms with Gasteiger partial charge >= 0.3 is 0 Å². The first kappa shape index (κ1) is 14.9. The average molecular weight is 268 g/mol. The van der Waals surface area contributed by atoms with Crippen molar-refractivity contribution in [2.24, 2.45) is 5.14 Å². The molecule has 0 aliphatic heterocycles. The lowest BCUT2D eigenvalue weighted by Gasteiger charge is -2.13. The Morgan fingerprint density at radius 2 is 2.22 bits per heavy atom. The summed E-state index contributed by atoms with van der Waals surface area (Å²) < 4.78 is 22.4.